The lowest BCUT2D eigenvalue weighted by atomic mass is 9.95. The Hall–Kier alpha value is -3.91. The third-order valence-corrected chi connectivity index (χ3v) is 6.58. The highest BCUT2D eigenvalue weighted by atomic mass is 32.1. The van der Waals surface area contributed by atoms with Gasteiger partial charge in [0.2, 0.25) is 0 Å². The quantitative estimate of drug-likeness (QED) is 0.474. The van der Waals surface area contributed by atoms with Crippen molar-refractivity contribution in [2.24, 2.45) is 4.99 Å². The number of methoxy groups -OCH3 is 2. The fourth-order valence-corrected chi connectivity index (χ4v) is 4.95. The van der Waals surface area contributed by atoms with Crippen LogP contribution in [0.2, 0.25) is 0 Å². The normalized spacial score (nSPS) is 15.7. The van der Waals surface area contributed by atoms with Crippen molar-refractivity contribution in [3.05, 3.63) is 96.7 Å². The van der Waals surface area contributed by atoms with Crippen molar-refractivity contribution in [1.82, 2.24) is 4.57 Å². The number of hydrogen-bond donors (Lipinski definition) is 0. The van der Waals surface area contributed by atoms with Crippen molar-refractivity contribution in [3.63, 3.8) is 0 Å². The molecule has 0 fully saturated rings. The average Bonchev–Trinajstić information content (AvgIpc) is 3.18. The molecule has 0 radical (unpaired) electrons. The smallest absolute Gasteiger partial charge is 0.338 e. The molecule has 7 nitrogen and oxygen atoms in total. The lowest BCUT2D eigenvalue weighted by molar-refractivity contribution is -0.139. The fourth-order valence-electron chi connectivity index (χ4n) is 3.95. The summed E-state index contributed by atoms with van der Waals surface area (Å²) < 4.78 is 18.2. The number of nitrogens with zero attached hydrogens (tertiary/aromatic N) is 2. The van der Waals surface area contributed by atoms with E-state index >= 15 is 0 Å². The van der Waals surface area contributed by atoms with Crippen molar-refractivity contribution in [1.29, 1.82) is 0 Å². The second-order valence-corrected chi connectivity index (χ2v) is 8.72. The fraction of sp³-hybridized carbons (Fsp3) is 0.222. The van der Waals surface area contributed by atoms with Gasteiger partial charge in [0.25, 0.3) is 5.56 Å². The van der Waals surface area contributed by atoms with Gasteiger partial charge in [-0.3, -0.25) is 9.36 Å². The standard InChI is InChI=1S/C27H26N2O5S/c1-5-34-26(31)23-17(2)28-27-29(24(23)19-14-15-20(32-3)21(16-19)33-4)25(30)22(35-27)13-9-12-18-10-7-6-8-11-18/h6-16,24H,5H2,1-4H3/b12-9+,22-13+/t24-/m0/s1. The van der Waals surface area contributed by atoms with E-state index in [1.54, 1.807) is 50.8 Å². The Morgan fingerprint density at radius 2 is 1.86 bits per heavy atom. The van der Waals surface area contributed by atoms with Crippen LogP contribution in [-0.4, -0.2) is 31.4 Å². The van der Waals surface area contributed by atoms with Crippen LogP contribution in [0.4, 0.5) is 0 Å². The highest BCUT2D eigenvalue weighted by Crippen LogP contribution is 2.36. The Balaban J connectivity index is 1.89. The van der Waals surface area contributed by atoms with E-state index in [1.807, 2.05) is 48.6 Å². The molecule has 3 aromatic rings. The number of ether oxygens (including phenoxy) is 3. The molecule has 0 amide bonds. The number of hydrogen-bond acceptors (Lipinski definition) is 7. The molecule has 35 heavy (non-hydrogen) atoms. The molecule has 8 heteroatoms. The van der Waals surface area contributed by atoms with E-state index in [4.69, 9.17) is 14.2 Å². The van der Waals surface area contributed by atoms with Gasteiger partial charge in [-0.15, -0.1) is 0 Å². The van der Waals surface area contributed by atoms with Gasteiger partial charge in [-0.25, -0.2) is 9.79 Å². The van der Waals surface area contributed by atoms with Gasteiger partial charge in [0.1, 0.15) is 0 Å². The lowest BCUT2D eigenvalue weighted by Crippen LogP contribution is -2.39. The van der Waals surface area contributed by atoms with Gasteiger partial charge < -0.3 is 14.2 Å². The summed E-state index contributed by atoms with van der Waals surface area (Å²) in [5.41, 5.74) is 2.31. The van der Waals surface area contributed by atoms with Crippen LogP contribution in [0.3, 0.4) is 0 Å². The second kappa shape index (κ2) is 10.6. The summed E-state index contributed by atoms with van der Waals surface area (Å²) >= 11 is 1.28. The lowest BCUT2D eigenvalue weighted by Gasteiger charge is -2.25. The van der Waals surface area contributed by atoms with Crippen LogP contribution in [0, 0.1) is 0 Å². The van der Waals surface area contributed by atoms with E-state index in [0.717, 1.165) is 5.56 Å². The van der Waals surface area contributed by atoms with Gasteiger partial charge in [-0.2, -0.15) is 0 Å². The van der Waals surface area contributed by atoms with Crippen LogP contribution in [0.1, 0.15) is 31.0 Å². The van der Waals surface area contributed by atoms with Crippen LogP contribution >= 0.6 is 11.3 Å². The number of allylic oxidation sites excluding steroid dienone is 2. The third kappa shape index (κ3) is 4.83. The van der Waals surface area contributed by atoms with Gasteiger partial charge in [-0.1, -0.05) is 59.9 Å². The molecule has 180 valence electrons. The summed E-state index contributed by atoms with van der Waals surface area (Å²) in [6.07, 6.45) is 5.54. The van der Waals surface area contributed by atoms with Crippen molar-refractivity contribution < 1.29 is 19.0 Å². The molecule has 2 aromatic carbocycles. The van der Waals surface area contributed by atoms with E-state index in [2.05, 4.69) is 4.99 Å². The monoisotopic (exact) mass is 490 g/mol. The first-order valence-electron chi connectivity index (χ1n) is 11.1. The molecular weight excluding hydrogens is 464 g/mol. The summed E-state index contributed by atoms with van der Waals surface area (Å²) in [4.78, 5) is 31.7. The topological polar surface area (TPSA) is 79.1 Å². The molecule has 2 heterocycles. The number of thiazole rings is 1. The van der Waals surface area contributed by atoms with Crippen LogP contribution < -0.4 is 24.4 Å². The molecule has 0 bridgehead atoms. The zero-order chi connectivity index (χ0) is 24.9. The average molecular weight is 491 g/mol. The Labute approximate surface area is 206 Å². The van der Waals surface area contributed by atoms with Crippen molar-refractivity contribution >= 4 is 29.5 Å². The van der Waals surface area contributed by atoms with Crippen LogP contribution in [0.25, 0.3) is 12.2 Å². The Morgan fingerprint density at radius 1 is 1.11 bits per heavy atom. The zero-order valence-corrected chi connectivity index (χ0v) is 20.8. The van der Waals surface area contributed by atoms with E-state index in [1.165, 1.54) is 11.3 Å². The number of fused-ring (bicyclic) bond motifs is 1. The first kappa shape index (κ1) is 24.2. The van der Waals surface area contributed by atoms with Crippen LogP contribution in [-0.2, 0) is 9.53 Å². The second-order valence-electron chi connectivity index (χ2n) is 7.71. The van der Waals surface area contributed by atoms with Gasteiger partial charge in [-0.05, 0) is 43.2 Å². The molecule has 0 N–H and O–H groups in total. The molecule has 0 aliphatic carbocycles. The van der Waals surface area contributed by atoms with E-state index < -0.39 is 12.0 Å². The van der Waals surface area contributed by atoms with Gasteiger partial charge in [0.15, 0.2) is 16.3 Å². The molecule has 0 saturated heterocycles. The summed E-state index contributed by atoms with van der Waals surface area (Å²) in [5.74, 6) is 0.538. The summed E-state index contributed by atoms with van der Waals surface area (Å²) in [6.45, 7) is 3.71. The summed E-state index contributed by atoms with van der Waals surface area (Å²) in [5, 5.41) is 0. The summed E-state index contributed by atoms with van der Waals surface area (Å²) in [6, 6.07) is 14.5. The predicted molar refractivity (Wildman–Crippen MR) is 136 cm³/mol. The number of aromatic nitrogens is 1. The van der Waals surface area contributed by atoms with Crippen LogP contribution in [0.5, 0.6) is 11.5 Å². The molecule has 1 aliphatic heterocycles. The van der Waals surface area contributed by atoms with Crippen molar-refractivity contribution in [2.75, 3.05) is 20.8 Å². The van der Waals surface area contributed by atoms with Crippen molar-refractivity contribution in [2.45, 2.75) is 19.9 Å². The Kier molecular flexibility index (Phi) is 7.31. The SMILES string of the molecule is CCOC(=O)C1=C(C)N=c2s/c(=C/C=C/c3ccccc3)c(=O)n2[C@H]1c1ccc(OC)c(OC)c1. The van der Waals surface area contributed by atoms with E-state index in [0.29, 0.717) is 37.7 Å². The first-order chi connectivity index (χ1) is 17.0. The van der Waals surface area contributed by atoms with E-state index in [-0.39, 0.29) is 12.2 Å². The number of carbonyl (C=O) groups excluding carboxylic acids is 1. The largest absolute Gasteiger partial charge is 0.493 e. The molecule has 0 spiro atoms. The Bertz CT molecular complexity index is 1480. The predicted octanol–water partition coefficient (Wildman–Crippen LogP) is 3.48. The number of esters is 1. The van der Waals surface area contributed by atoms with Crippen LogP contribution in [0.15, 0.2) is 75.7 Å². The molecule has 0 unspecified atom stereocenters. The number of rotatable bonds is 7. The molecule has 1 aliphatic rings. The third-order valence-electron chi connectivity index (χ3n) is 5.58. The first-order valence-corrected chi connectivity index (χ1v) is 11.9. The minimum absolute atomic E-state index is 0.211. The molecule has 0 saturated carbocycles. The molecule has 4 rings (SSSR count). The minimum atomic E-state index is -0.717. The van der Waals surface area contributed by atoms with E-state index in [9.17, 15) is 9.59 Å². The van der Waals surface area contributed by atoms with Gasteiger partial charge >= 0.3 is 5.97 Å². The minimum Gasteiger partial charge on any atom is -0.493 e. The zero-order valence-electron chi connectivity index (χ0n) is 20.0. The number of benzene rings is 2. The highest BCUT2D eigenvalue weighted by Gasteiger charge is 2.33. The molecule has 1 aromatic heterocycles. The summed E-state index contributed by atoms with van der Waals surface area (Å²) in [7, 11) is 3.09. The highest BCUT2D eigenvalue weighted by molar-refractivity contribution is 7.07. The van der Waals surface area contributed by atoms with Crippen molar-refractivity contribution in [3.8, 4) is 11.5 Å². The van der Waals surface area contributed by atoms with Gasteiger partial charge in [0.05, 0.1) is 42.7 Å². The van der Waals surface area contributed by atoms with Gasteiger partial charge in [0, 0.05) is 0 Å². The molecular formula is C27H26N2O5S. The Morgan fingerprint density at radius 3 is 2.54 bits per heavy atom. The molecule has 1 atom stereocenters. The number of carbonyl (C=O) groups is 1. The maximum atomic E-state index is 13.6. The maximum Gasteiger partial charge on any atom is 0.338 e. The maximum absolute atomic E-state index is 13.6.